The molecule has 0 amide bonds. The van der Waals surface area contributed by atoms with Crippen molar-refractivity contribution in [3.8, 4) is 16.9 Å². The zero-order valence-corrected chi connectivity index (χ0v) is 8.33. The van der Waals surface area contributed by atoms with Crippen LogP contribution >= 0.6 is 0 Å². The van der Waals surface area contributed by atoms with E-state index < -0.39 is 16.6 Å². The first-order valence-electron chi connectivity index (χ1n) is 4.46. The molecule has 0 atom stereocenters. The lowest BCUT2D eigenvalue weighted by Gasteiger charge is -2.14. The first kappa shape index (κ1) is 9.58. The summed E-state index contributed by atoms with van der Waals surface area (Å²) in [7, 11) is 0. The molecule has 0 saturated heterocycles. The van der Waals surface area contributed by atoms with Crippen LogP contribution in [0.25, 0.3) is 11.1 Å². The largest absolute Gasteiger partial charge is 0.869 e. The molecule has 0 spiro atoms. The molecule has 2 rings (SSSR count). The molecule has 0 unspecified atom stereocenters. The van der Waals surface area contributed by atoms with E-state index in [1.54, 1.807) is 26.0 Å². The van der Waals surface area contributed by atoms with Gasteiger partial charge in [-0.3, -0.25) is 14.6 Å². The molecular weight excluding hydrogens is 194 g/mol. The maximum absolute atomic E-state index is 11.2. The molecule has 0 radical (unpaired) electrons. The summed E-state index contributed by atoms with van der Waals surface area (Å²) in [5.74, 6) is -0.690. The van der Waals surface area contributed by atoms with Gasteiger partial charge in [-0.1, -0.05) is 0 Å². The molecule has 0 aliphatic carbocycles. The van der Waals surface area contributed by atoms with Crippen LogP contribution in [0.2, 0.25) is 0 Å². The molecule has 2 aromatic rings. The first-order chi connectivity index (χ1) is 7.00. The molecule has 4 heteroatoms. The van der Waals surface area contributed by atoms with Crippen LogP contribution in [0.15, 0.2) is 21.7 Å². The topological polar surface area (TPSA) is 70.1 Å². The van der Waals surface area contributed by atoms with E-state index in [4.69, 9.17) is 0 Å². The fraction of sp³-hybridized carbons (Fsp3) is 0.182. The summed E-state index contributed by atoms with van der Waals surface area (Å²) in [6.07, 6.45) is 0. The van der Waals surface area contributed by atoms with Gasteiger partial charge in [0.05, 0.1) is 0 Å². The molecule has 1 heterocycles. The van der Waals surface area contributed by atoms with E-state index in [1.807, 2.05) is 0 Å². The summed E-state index contributed by atoms with van der Waals surface area (Å²) in [6, 6.07) is 3.26. The Bertz CT molecular complexity index is 586. The van der Waals surface area contributed by atoms with Gasteiger partial charge >= 0.3 is 0 Å². The van der Waals surface area contributed by atoms with Gasteiger partial charge in [0.15, 0.2) is 0 Å². The van der Waals surface area contributed by atoms with Crippen molar-refractivity contribution in [2.75, 3.05) is 0 Å². The van der Waals surface area contributed by atoms with Crippen LogP contribution < -0.4 is 16.0 Å². The van der Waals surface area contributed by atoms with E-state index >= 15 is 0 Å². The van der Waals surface area contributed by atoms with Crippen LogP contribution in [0.5, 0.6) is 5.75 Å². The number of rotatable bonds is 1. The molecule has 0 saturated carbocycles. The molecule has 0 bridgehead atoms. The van der Waals surface area contributed by atoms with Crippen LogP contribution in [-0.2, 0) is 0 Å². The van der Waals surface area contributed by atoms with Crippen molar-refractivity contribution < 1.29 is 5.11 Å². The molecule has 15 heavy (non-hydrogen) atoms. The SMILES string of the molecule is Cc1cc(-c2c([O-])c(=O)c2=O)cc(C)n1. The summed E-state index contributed by atoms with van der Waals surface area (Å²) in [5.41, 5.74) is 0.320. The highest BCUT2D eigenvalue weighted by molar-refractivity contribution is 5.73. The van der Waals surface area contributed by atoms with Gasteiger partial charge in [0.25, 0.3) is 0 Å². The Hall–Kier alpha value is -1.97. The summed E-state index contributed by atoms with van der Waals surface area (Å²) >= 11 is 0. The van der Waals surface area contributed by atoms with Crippen molar-refractivity contribution in [3.63, 3.8) is 0 Å². The van der Waals surface area contributed by atoms with E-state index in [2.05, 4.69) is 4.98 Å². The number of pyridine rings is 1. The van der Waals surface area contributed by atoms with Crippen molar-refractivity contribution >= 4 is 0 Å². The van der Waals surface area contributed by atoms with Crippen LogP contribution in [0, 0.1) is 13.8 Å². The minimum atomic E-state index is -0.919. The van der Waals surface area contributed by atoms with Crippen molar-refractivity contribution in [1.29, 1.82) is 0 Å². The Morgan fingerprint density at radius 1 is 1.07 bits per heavy atom. The van der Waals surface area contributed by atoms with Gasteiger partial charge in [-0.15, -0.1) is 0 Å². The average Bonchev–Trinajstić information content (AvgIpc) is 2.16. The second-order valence-corrected chi connectivity index (χ2v) is 3.50. The minimum absolute atomic E-state index is 0.00593. The highest BCUT2D eigenvalue weighted by atomic mass is 16.3. The maximum Gasteiger partial charge on any atom is 0.232 e. The van der Waals surface area contributed by atoms with Gasteiger partial charge in [-0.2, -0.15) is 0 Å². The zero-order valence-electron chi connectivity index (χ0n) is 8.33. The van der Waals surface area contributed by atoms with Gasteiger partial charge in [-0.05, 0) is 37.3 Å². The first-order valence-corrected chi connectivity index (χ1v) is 4.46. The van der Waals surface area contributed by atoms with Gasteiger partial charge in [0, 0.05) is 17.0 Å². The maximum atomic E-state index is 11.2. The Morgan fingerprint density at radius 3 is 2.07 bits per heavy atom. The molecule has 0 N–H and O–H groups in total. The Kier molecular flexibility index (Phi) is 1.93. The predicted molar refractivity (Wildman–Crippen MR) is 53.5 cm³/mol. The normalized spacial score (nSPS) is 10.8. The van der Waals surface area contributed by atoms with Gasteiger partial charge < -0.3 is 5.11 Å². The second-order valence-electron chi connectivity index (χ2n) is 3.50. The van der Waals surface area contributed by atoms with Crippen molar-refractivity contribution in [3.05, 3.63) is 44.0 Å². The minimum Gasteiger partial charge on any atom is -0.869 e. The highest BCUT2D eigenvalue weighted by Crippen LogP contribution is 2.23. The molecular formula is C11H8NO3-. The van der Waals surface area contributed by atoms with Crippen LogP contribution in [-0.4, -0.2) is 4.98 Å². The lowest BCUT2D eigenvalue weighted by molar-refractivity contribution is -0.270. The molecule has 4 nitrogen and oxygen atoms in total. The number of hydrogen-bond donors (Lipinski definition) is 0. The average molecular weight is 202 g/mol. The van der Waals surface area contributed by atoms with Crippen molar-refractivity contribution in [1.82, 2.24) is 4.98 Å². The monoisotopic (exact) mass is 202 g/mol. The number of aryl methyl sites for hydroxylation is 2. The summed E-state index contributed by atoms with van der Waals surface area (Å²) in [5, 5.41) is 11.2. The Labute approximate surface area is 85.5 Å². The number of nitrogens with zero attached hydrogens (tertiary/aromatic N) is 1. The van der Waals surface area contributed by atoms with Crippen molar-refractivity contribution in [2.24, 2.45) is 0 Å². The van der Waals surface area contributed by atoms with Gasteiger partial charge in [-0.25, -0.2) is 0 Å². The quantitative estimate of drug-likeness (QED) is 0.612. The third-order valence-corrected chi connectivity index (χ3v) is 2.24. The van der Waals surface area contributed by atoms with E-state index in [-0.39, 0.29) is 5.56 Å². The summed E-state index contributed by atoms with van der Waals surface area (Å²) < 4.78 is 0. The zero-order chi connectivity index (χ0) is 11.2. The molecule has 76 valence electrons. The standard InChI is InChI=1S/C11H9NO3/c1-5-3-7(4-6(2)12-5)8-9(13)11(15)10(8)14/h3-4,13H,1-2H3/p-1. The number of aromatic nitrogens is 1. The van der Waals surface area contributed by atoms with E-state index in [9.17, 15) is 14.7 Å². The van der Waals surface area contributed by atoms with Crippen LogP contribution in [0.1, 0.15) is 11.4 Å². The smallest absolute Gasteiger partial charge is 0.232 e. The van der Waals surface area contributed by atoms with E-state index in [0.29, 0.717) is 5.56 Å². The molecule has 0 fully saturated rings. The van der Waals surface area contributed by atoms with Crippen LogP contribution in [0.4, 0.5) is 0 Å². The van der Waals surface area contributed by atoms with E-state index in [0.717, 1.165) is 11.4 Å². The summed E-state index contributed by atoms with van der Waals surface area (Å²) in [6.45, 7) is 3.54. The lowest BCUT2D eigenvalue weighted by Crippen LogP contribution is -2.36. The second kappa shape index (κ2) is 3.02. The lowest BCUT2D eigenvalue weighted by atomic mass is 10.00. The number of hydrogen-bond acceptors (Lipinski definition) is 4. The molecule has 0 aliphatic rings. The van der Waals surface area contributed by atoms with Crippen LogP contribution in [0.3, 0.4) is 0 Å². The molecule has 1 aromatic carbocycles. The fourth-order valence-electron chi connectivity index (χ4n) is 1.61. The van der Waals surface area contributed by atoms with E-state index in [1.165, 1.54) is 0 Å². The fourth-order valence-corrected chi connectivity index (χ4v) is 1.61. The van der Waals surface area contributed by atoms with Gasteiger partial charge in [0.1, 0.15) is 0 Å². The highest BCUT2D eigenvalue weighted by Gasteiger charge is 2.15. The third-order valence-electron chi connectivity index (χ3n) is 2.24. The van der Waals surface area contributed by atoms with Gasteiger partial charge in [0.2, 0.25) is 10.9 Å². The predicted octanol–water partition coefficient (Wildman–Crippen LogP) is 0.0350. The summed E-state index contributed by atoms with van der Waals surface area (Å²) in [4.78, 5) is 26.1. The third kappa shape index (κ3) is 1.34. The van der Waals surface area contributed by atoms with Crippen molar-refractivity contribution in [2.45, 2.75) is 13.8 Å². The Balaban J connectivity index is 2.66. The molecule has 0 aliphatic heterocycles. The Morgan fingerprint density at radius 2 is 1.60 bits per heavy atom. The molecule has 1 aromatic heterocycles.